The minimum absolute atomic E-state index is 0. The zero-order chi connectivity index (χ0) is 34.7. The van der Waals surface area contributed by atoms with Crippen molar-refractivity contribution in [3.8, 4) is 0 Å². The highest BCUT2D eigenvalue weighted by Crippen LogP contribution is 2.35. The van der Waals surface area contributed by atoms with Crippen molar-refractivity contribution in [1.29, 1.82) is 10.8 Å². The number of rotatable bonds is 8. The lowest BCUT2D eigenvalue weighted by molar-refractivity contribution is -0.117. The summed E-state index contributed by atoms with van der Waals surface area (Å²) in [4.78, 5) is 28.9. The fraction of sp³-hybridized carbons (Fsp3) is 0.474. The monoisotopic (exact) mass is 628 g/mol. The molecule has 0 unspecified atom stereocenters. The Morgan fingerprint density at radius 3 is 1.74 bits per heavy atom. The average molecular weight is 629 g/mol. The maximum Gasteiger partial charge on any atom is 0.135 e. The third-order valence-electron chi connectivity index (χ3n) is 5.96. The van der Waals surface area contributed by atoms with E-state index in [1.165, 1.54) is 25.2 Å². The number of allylic oxidation sites excluding steroid dienone is 2. The molecule has 0 bridgehead atoms. The topological polar surface area (TPSA) is 133 Å². The van der Waals surface area contributed by atoms with Gasteiger partial charge < -0.3 is 10.8 Å². The van der Waals surface area contributed by atoms with Gasteiger partial charge in [-0.05, 0) is 71.2 Å². The molecule has 1 aliphatic carbocycles. The molecule has 2 N–H and O–H groups in total. The number of nitrogens with zero attached hydrogens (tertiary/aromatic N) is 4. The first-order chi connectivity index (χ1) is 22.0. The zero-order valence-corrected chi connectivity index (χ0v) is 29.0. The van der Waals surface area contributed by atoms with Crippen molar-refractivity contribution in [2.24, 2.45) is 5.92 Å². The molecule has 0 aromatic carbocycles. The first-order valence-corrected chi connectivity index (χ1v) is 16.0. The van der Waals surface area contributed by atoms with Crippen LogP contribution in [0, 0.1) is 47.9 Å². The predicted molar refractivity (Wildman–Crippen MR) is 190 cm³/mol. The molecule has 8 nitrogen and oxygen atoms in total. The largest absolute Gasteiger partial charge is 0.306 e. The second-order valence-electron chi connectivity index (χ2n) is 11.2. The molecule has 2 atom stereocenters. The Morgan fingerprint density at radius 2 is 1.35 bits per heavy atom. The second-order valence-corrected chi connectivity index (χ2v) is 11.2. The van der Waals surface area contributed by atoms with Crippen LogP contribution in [0.3, 0.4) is 0 Å². The lowest BCUT2D eigenvalue weighted by atomic mass is 9.77. The van der Waals surface area contributed by atoms with Gasteiger partial charge in [0.05, 0.1) is 35.2 Å². The molecule has 0 radical (unpaired) electrons. The predicted octanol–water partition coefficient (Wildman–Crippen LogP) is 8.63. The fourth-order valence-electron chi connectivity index (χ4n) is 4.05. The average Bonchev–Trinajstić information content (AvgIpc) is 3.02. The number of nitrogens with one attached hydrogen (secondary N) is 2. The van der Waals surface area contributed by atoms with Crippen molar-refractivity contribution in [2.75, 3.05) is 0 Å². The second kappa shape index (κ2) is 25.7. The maximum absolute atomic E-state index is 10.5. The Balaban J connectivity index is -0.000000614. The smallest absolute Gasteiger partial charge is 0.135 e. The van der Waals surface area contributed by atoms with E-state index in [2.05, 4.69) is 78.2 Å². The molecule has 1 aliphatic rings. The van der Waals surface area contributed by atoms with Crippen LogP contribution in [0.15, 0.2) is 48.8 Å². The van der Waals surface area contributed by atoms with Crippen LogP contribution in [0.2, 0.25) is 0 Å². The van der Waals surface area contributed by atoms with E-state index >= 15 is 0 Å². The summed E-state index contributed by atoms with van der Waals surface area (Å²) in [6.45, 7) is 15.3. The Morgan fingerprint density at radius 1 is 0.826 bits per heavy atom. The van der Waals surface area contributed by atoms with Gasteiger partial charge in [0.25, 0.3) is 0 Å². The highest BCUT2D eigenvalue weighted by Gasteiger charge is 2.26. The van der Waals surface area contributed by atoms with Crippen molar-refractivity contribution < 1.29 is 12.4 Å². The van der Waals surface area contributed by atoms with Crippen LogP contribution >= 0.6 is 0 Å². The van der Waals surface area contributed by atoms with Gasteiger partial charge in [-0.15, -0.1) is 0 Å². The van der Waals surface area contributed by atoms with E-state index in [0.717, 1.165) is 48.5 Å². The molecular formula is C38H56N6O2. The third-order valence-corrected chi connectivity index (χ3v) is 5.96. The van der Waals surface area contributed by atoms with E-state index in [-0.39, 0.29) is 20.3 Å². The van der Waals surface area contributed by atoms with Gasteiger partial charge in [-0.25, -0.2) is 0 Å². The molecule has 3 heterocycles. The molecule has 3 aromatic rings. The zero-order valence-electron chi connectivity index (χ0n) is 29.0. The first kappa shape index (κ1) is 41.4. The van der Waals surface area contributed by atoms with E-state index in [9.17, 15) is 9.59 Å². The molecule has 1 saturated carbocycles. The molecule has 8 heteroatoms. The van der Waals surface area contributed by atoms with Crippen LogP contribution in [0.1, 0.15) is 119 Å². The number of hydrogen-bond donors (Lipinski definition) is 2. The van der Waals surface area contributed by atoms with Crippen LogP contribution < -0.4 is 0 Å². The highest BCUT2D eigenvalue weighted by atomic mass is 16.1. The van der Waals surface area contributed by atoms with Crippen LogP contribution in [-0.4, -0.2) is 43.2 Å². The Labute approximate surface area is 280 Å². The number of hydrogen-bond acceptors (Lipinski definition) is 8. The van der Waals surface area contributed by atoms with E-state index in [1.807, 2.05) is 13.0 Å². The van der Waals surface area contributed by atoms with Gasteiger partial charge in [-0.2, -0.15) is 10.2 Å². The normalized spacial score (nSPS) is 14.4. The number of aromatic nitrogens is 4. The minimum Gasteiger partial charge on any atom is -0.306 e. The van der Waals surface area contributed by atoms with Crippen molar-refractivity contribution >= 4 is 23.0 Å². The lowest BCUT2D eigenvalue weighted by Crippen LogP contribution is -2.21. The standard InChI is InChI=1S/C16H22N4.2C8H7NO.2C3H8.2H2/c1-11(17)6-8-15(18)13-4-3-5-14(10-13)16-9-7-12(2)19-20-16;2*1-7(10)6-8-4-2-3-5-9-8;2*1-3-2;;/h6-9,13-14,17-18H,3-5,10H2,1-2H3;2*4-5H,6H2,1H3;2*3H2,1-2H3;2*1H/b8-6-,17-11?,18-15?;;;;;;/t13-,14-;;;;;;/m0....../s1. The molecular weight excluding hydrogens is 572 g/mol. The Kier molecular flexibility index (Phi) is 23.2. The Hall–Kier alpha value is -4.56. The molecule has 3 aromatic heterocycles. The number of carbonyl (C=O) groups excluding carboxylic acids is 2. The van der Waals surface area contributed by atoms with E-state index in [0.29, 0.717) is 30.2 Å². The van der Waals surface area contributed by atoms with Gasteiger partial charge >= 0.3 is 0 Å². The third kappa shape index (κ3) is 21.2. The number of Topliss-reactive ketones (excluding diaryl/α,β-unsaturated/α-hetero) is 2. The van der Waals surface area contributed by atoms with Crippen molar-refractivity contribution in [2.45, 2.75) is 113 Å². The van der Waals surface area contributed by atoms with Crippen LogP contribution in [0.5, 0.6) is 0 Å². The van der Waals surface area contributed by atoms with Crippen LogP contribution in [0.4, 0.5) is 0 Å². The molecule has 0 spiro atoms. The van der Waals surface area contributed by atoms with Crippen molar-refractivity contribution in [3.05, 3.63) is 95.9 Å². The number of ketones is 2. The molecule has 250 valence electrons. The lowest BCUT2D eigenvalue weighted by Gasteiger charge is -2.28. The van der Waals surface area contributed by atoms with E-state index < -0.39 is 0 Å². The van der Waals surface area contributed by atoms with E-state index in [1.54, 1.807) is 45.1 Å². The summed E-state index contributed by atoms with van der Waals surface area (Å²) in [5, 5.41) is 24.0. The summed E-state index contributed by atoms with van der Waals surface area (Å²) < 4.78 is 0. The quantitative estimate of drug-likeness (QED) is 0.240. The highest BCUT2D eigenvalue weighted by molar-refractivity contribution is 6.01. The van der Waals surface area contributed by atoms with Gasteiger partial charge in [0, 0.05) is 51.1 Å². The summed E-state index contributed by atoms with van der Waals surface area (Å²) in [5.74, 6) is 0.934. The maximum atomic E-state index is 10.5. The minimum atomic E-state index is 0. The summed E-state index contributed by atoms with van der Waals surface area (Å²) in [5.41, 5.74) is 4.64. The van der Waals surface area contributed by atoms with Crippen LogP contribution in [0.25, 0.3) is 0 Å². The van der Waals surface area contributed by atoms with Gasteiger partial charge in [0.1, 0.15) is 11.6 Å². The van der Waals surface area contributed by atoms with Gasteiger partial charge in [-0.3, -0.25) is 19.6 Å². The van der Waals surface area contributed by atoms with Crippen molar-refractivity contribution in [1.82, 2.24) is 20.2 Å². The fourth-order valence-corrected chi connectivity index (χ4v) is 4.05. The van der Waals surface area contributed by atoms with Crippen molar-refractivity contribution in [3.63, 3.8) is 0 Å². The van der Waals surface area contributed by atoms with Gasteiger partial charge in [0.15, 0.2) is 0 Å². The molecule has 4 rings (SSSR count). The molecule has 46 heavy (non-hydrogen) atoms. The molecule has 0 saturated heterocycles. The molecule has 1 fully saturated rings. The van der Waals surface area contributed by atoms with Crippen LogP contribution in [-0.2, 0) is 22.4 Å². The number of aryl methyl sites for hydroxylation is 1. The van der Waals surface area contributed by atoms with E-state index in [4.69, 9.17) is 10.8 Å². The molecule has 0 amide bonds. The summed E-state index contributed by atoms with van der Waals surface area (Å²) >= 11 is 0. The van der Waals surface area contributed by atoms with Gasteiger partial charge in [-0.1, -0.05) is 71.2 Å². The summed E-state index contributed by atoms with van der Waals surface area (Å²) in [7, 11) is 0. The number of carbonyl (C=O) groups is 2. The SMILES string of the molecule is CC(=N)/C=C\C(=N)[C@H]1CCC[C@H](c2ccc(C)nn2)C1.CC(=O)Cc1cc#ccn1.CC(=O)Cc1cc#ccn1.CCC.CCC.[HH].[HH]. The van der Waals surface area contributed by atoms with Gasteiger partial charge in [0.2, 0.25) is 0 Å². The molecule has 0 aliphatic heterocycles. The Bertz CT molecular complexity index is 1250. The summed E-state index contributed by atoms with van der Waals surface area (Å²) in [6, 6.07) is 18.2. The first-order valence-electron chi connectivity index (χ1n) is 16.0. The summed E-state index contributed by atoms with van der Waals surface area (Å²) in [6.07, 6.45) is 14.1.